The van der Waals surface area contributed by atoms with Crippen molar-refractivity contribution in [2.24, 2.45) is 0 Å². The van der Waals surface area contributed by atoms with Crippen molar-refractivity contribution in [3.05, 3.63) is 33.2 Å². The van der Waals surface area contributed by atoms with Crippen LogP contribution < -0.4 is 10.5 Å². The summed E-state index contributed by atoms with van der Waals surface area (Å²) in [5.41, 5.74) is 3.30. The largest absolute Gasteiger partial charge is 0.333 e. The number of aromatic amines is 1. The van der Waals surface area contributed by atoms with E-state index in [9.17, 15) is 4.79 Å². The molecule has 1 unspecified atom stereocenters. The molecule has 0 bridgehead atoms. The van der Waals surface area contributed by atoms with Crippen molar-refractivity contribution in [3.8, 4) is 0 Å². The lowest BCUT2D eigenvalue weighted by molar-refractivity contribution is -0.895. The van der Waals surface area contributed by atoms with Crippen LogP contribution in [-0.2, 0) is 13.0 Å². The third kappa shape index (κ3) is 1.52. The van der Waals surface area contributed by atoms with Crippen LogP contribution in [0.25, 0.3) is 0 Å². The number of aromatic nitrogens is 1. The molecule has 2 N–H and O–H groups in total. The van der Waals surface area contributed by atoms with Gasteiger partial charge in [0, 0.05) is 12.1 Å². The van der Waals surface area contributed by atoms with Gasteiger partial charge in [0.25, 0.3) is 5.56 Å². The Labute approximate surface area is 77.4 Å². The van der Waals surface area contributed by atoms with Crippen molar-refractivity contribution < 1.29 is 4.90 Å². The first kappa shape index (κ1) is 8.51. The van der Waals surface area contributed by atoms with Crippen LogP contribution in [0.5, 0.6) is 0 Å². The molecule has 3 heteroatoms. The van der Waals surface area contributed by atoms with E-state index < -0.39 is 0 Å². The first-order chi connectivity index (χ1) is 6.16. The fourth-order valence-corrected chi connectivity index (χ4v) is 1.94. The number of hydrogen-bond acceptors (Lipinski definition) is 1. The highest BCUT2D eigenvalue weighted by Gasteiger charge is 2.18. The van der Waals surface area contributed by atoms with Crippen LogP contribution in [0.3, 0.4) is 0 Å². The second-order valence-corrected chi connectivity index (χ2v) is 3.92. The summed E-state index contributed by atoms with van der Waals surface area (Å²) in [6.45, 7) is 3.94. The topological polar surface area (TPSA) is 37.3 Å². The molecule has 0 spiro atoms. The number of quaternary nitrogens is 1. The molecule has 70 valence electrons. The number of rotatable bonds is 0. The predicted octanol–water partition coefficient (Wildman–Crippen LogP) is -0.746. The van der Waals surface area contributed by atoms with Crippen molar-refractivity contribution >= 4 is 0 Å². The molecule has 0 amide bonds. The molecule has 1 aromatic heterocycles. The summed E-state index contributed by atoms with van der Waals surface area (Å²) in [4.78, 5) is 15.8. The molecular formula is C10H15N2O+. The summed E-state index contributed by atoms with van der Waals surface area (Å²) in [7, 11) is 2.13. The van der Waals surface area contributed by atoms with E-state index in [0.717, 1.165) is 30.8 Å². The molecule has 0 aliphatic carbocycles. The lowest BCUT2D eigenvalue weighted by atomic mass is 10.0. The summed E-state index contributed by atoms with van der Waals surface area (Å²) < 4.78 is 0. The zero-order valence-corrected chi connectivity index (χ0v) is 8.11. The van der Waals surface area contributed by atoms with Crippen molar-refractivity contribution in [3.63, 3.8) is 0 Å². The standard InChI is InChI=1S/C10H14N2O/c1-7-5-8-3-4-12(2)6-9(8)10(13)11-7/h5H,3-4,6H2,1-2H3,(H,11,13)/p+1. The maximum atomic E-state index is 11.6. The van der Waals surface area contributed by atoms with Gasteiger partial charge in [0.05, 0.1) is 19.2 Å². The number of fused-ring (bicyclic) bond motifs is 1. The second kappa shape index (κ2) is 3.00. The average molecular weight is 179 g/mol. The molecule has 1 aromatic rings. The van der Waals surface area contributed by atoms with Gasteiger partial charge in [-0.25, -0.2) is 0 Å². The van der Waals surface area contributed by atoms with Gasteiger partial charge in [-0.3, -0.25) is 4.79 Å². The normalized spacial score (nSPS) is 21.2. The van der Waals surface area contributed by atoms with Crippen LogP contribution in [0.2, 0.25) is 0 Å². The number of aryl methyl sites for hydroxylation is 1. The average Bonchev–Trinajstić information content (AvgIpc) is 2.06. The van der Waals surface area contributed by atoms with Gasteiger partial charge in [0.1, 0.15) is 6.54 Å². The monoisotopic (exact) mass is 179 g/mol. The maximum absolute atomic E-state index is 11.6. The highest BCUT2D eigenvalue weighted by atomic mass is 16.1. The molecule has 1 aliphatic heterocycles. The number of likely N-dealkylation sites (N-methyl/N-ethyl adjacent to an activating group) is 1. The van der Waals surface area contributed by atoms with Gasteiger partial charge in [0.2, 0.25) is 0 Å². The molecular weight excluding hydrogens is 164 g/mol. The van der Waals surface area contributed by atoms with Gasteiger partial charge in [-0.05, 0) is 18.6 Å². The summed E-state index contributed by atoms with van der Waals surface area (Å²) in [6.07, 6.45) is 1.03. The highest BCUT2D eigenvalue weighted by Crippen LogP contribution is 2.07. The Hall–Kier alpha value is -1.09. The first-order valence-corrected chi connectivity index (χ1v) is 4.70. The molecule has 0 saturated carbocycles. The van der Waals surface area contributed by atoms with Crippen LogP contribution in [-0.4, -0.2) is 18.6 Å². The van der Waals surface area contributed by atoms with Gasteiger partial charge in [-0.2, -0.15) is 0 Å². The Kier molecular flexibility index (Phi) is 1.96. The van der Waals surface area contributed by atoms with Crippen LogP contribution in [0.4, 0.5) is 0 Å². The van der Waals surface area contributed by atoms with E-state index >= 15 is 0 Å². The molecule has 1 atom stereocenters. The molecule has 0 radical (unpaired) electrons. The third-order valence-corrected chi connectivity index (χ3v) is 2.66. The summed E-state index contributed by atoms with van der Waals surface area (Å²) in [6, 6.07) is 2.10. The fourth-order valence-electron chi connectivity index (χ4n) is 1.94. The van der Waals surface area contributed by atoms with Gasteiger partial charge >= 0.3 is 0 Å². The lowest BCUT2D eigenvalue weighted by Gasteiger charge is -2.21. The van der Waals surface area contributed by atoms with Crippen LogP contribution >= 0.6 is 0 Å². The molecule has 3 nitrogen and oxygen atoms in total. The lowest BCUT2D eigenvalue weighted by Crippen LogP contribution is -3.08. The Morgan fingerprint density at radius 1 is 1.54 bits per heavy atom. The smallest absolute Gasteiger partial charge is 0.257 e. The summed E-state index contributed by atoms with van der Waals surface area (Å²) in [5, 5.41) is 0. The van der Waals surface area contributed by atoms with E-state index in [1.165, 1.54) is 10.5 Å². The Morgan fingerprint density at radius 3 is 3.08 bits per heavy atom. The summed E-state index contributed by atoms with van der Waals surface area (Å²) in [5.74, 6) is 0. The second-order valence-electron chi connectivity index (χ2n) is 3.92. The van der Waals surface area contributed by atoms with Gasteiger partial charge in [-0.15, -0.1) is 0 Å². The van der Waals surface area contributed by atoms with Crippen molar-refractivity contribution in [1.82, 2.24) is 4.98 Å². The Balaban J connectivity index is 2.53. The minimum absolute atomic E-state index is 0.106. The van der Waals surface area contributed by atoms with Crippen LogP contribution in [0, 0.1) is 6.92 Å². The molecule has 13 heavy (non-hydrogen) atoms. The van der Waals surface area contributed by atoms with E-state index in [-0.39, 0.29) is 5.56 Å². The van der Waals surface area contributed by atoms with Gasteiger partial charge < -0.3 is 9.88 Å². The minimum Gasteiger partial charge on any atom is -0.333 e. The zero-order chi connectivity index (χ0) is 9.42. The highest BCUT2D eigenvalue weighted by molar-refractivity contribution is 5.26. The Morgan fingerprint density at radius 2 is 2.31 bits per heavy atom. The third-order valence-electron chi connectivity index (χ3n) is 2.66. The Bertz CT molecular complexity index is 381. The van der Waals surface area contributed by atoms with Crippen LogP contribution in [0.1, 0.15) is 16.8 Å². The van der Waals surface area contributed by atoms with E-state index in [2.05, 4.69) is 18.1 Å². The number of H-pyrrole nitrogens is 1. The van der Waals surface area contributed by atoms with E-state index in [1.54, 1.807) is 0 Å². The zero-order valence-electron chi connectivity index (χ0n) is 8.11. The van der Waals surface area contributed by atoms with Crippen molar-refractivity contribution in [1.29, 1.82) is 0 Å². The maximum Gasteiger partial charge on any atom is 0.257 e. The first-order valence-electron chi connectivity index (χ1n) is 4.70. The quantitative estimate of drug-likeness (QED) is 0.540. The van der Waals surface area contributed by atoms with E-state index in [4.69, 9.17) is 0 Å². The SMILES string of the molecule is Cc1cc2c(c(=O)[nH]1)C[NH+](C)CC2. The summed E-state index contributed by atoms with van der Waals surface area (Å²) >= 11 is 0. The van der Waals surface area contributed by atoms with E-state index in [1.807, 2.05) is 6.92 Å². The van der Waals surface area contributed by atoms with Crippen LogP contribution in [0.15, 0.2) is 10.9 Å². The number of pyridine rings is 1. The molecule has 0 saturated heterocycles. The predicted molar refractivity (Wildman–Crippen MR) is 51.0 cm³/mol. The van der Waals surface area contributed by atoms with Gasteiger partial charge in [0.15, 0.2) is 0 Å². The fraction of sp³-hybridized carbons (Fsp3) is 0.500. The molecule has 1 aliphatic rings. The molecule has 2 rings (SSSR count). The molecule has 0 aromatic carbocycles. The van der Waals surface area contributed by atoms with Gasteiger partial charge in [-0.1, -0.05) is 0 Å². The number of hydrogen-bond donors (Lipinski definition) is 2. The molecule has 2 heterocycles. The van der Waals surface area contributed by atoms with Crippen molar-refractivity contribution in [2.75, 3.05) is 13.6 Å². The number of nitrogens with one attached hydrogen (secondary N) is 2. The van der Waals surface area contributed by atoms with E-state index in [0.29, 0.717) is 0 Å². The molecule has 0 fully saturated rings. The van der Waals surface area contributed by atoms with Crippen molar-refractivity contribution in [2.45, 2.75) is 19.9 Å². The minimum atomic E-state index is 0.106.